The fourth-order valence-electron chi connectivity index (χ4n) is 2.56. The molecule has 3 rings (SSSR count). The lowest BCUT2D eigenvalue weighted by Crippen LogP contribution is -2.17. The van der Waals surface area contributed by atoms with Gasteiger partial charge in [-0.2, -0.15) is 0 Å². The molecule has 0 atom stereocenters. The second-order valence-corrected chi connectivity index (χ2v) is 5.65. The van der Waals surface area contributed by atoms with Crippen molar-refractivity contribution in [2.75, 3.05) is 0 Å². The molecule has 2 aromatic rings. The molecule has 0 spiro atoms. The van der Waals surface area contributed by atoms with Crippen LogP contribution in [-0.2, 0) is 0 Å². The molecular weight excluding hydrogens is 270 g/mol. The van der Waals surface area contributed by atoms with E-state index in [1.54, 1.807) is 22.8 Å². The Balaban J connectivity index is 2.29. The van der Waals surface area contributed by atoms with E-state index in [1.165, 1.54) is 6.07 Å². The third-order valence-electron chi connectivity index (χ3n) is 3.52. The second kappa shape index (κ2) is 4.91. The number of hydrogen-bond donors (Lipinski definition) is 1. The van der Waals surface area contributed by atoms with Crippen LogP contribution in [0, 0.1) is 0 Å². The number of aromatic nitrogens is 1. The maximum atomic E-state index is 12.1. The number of ether oxygens (including phenoxy) is 1. The number of hydrogen-bond acceptors (Lipinski definition) is 3. The first kappa shape index (κ1) is 13.7. The van der Waals surface area contributed by atoms with Crippen LogP contribution in [0.1, 0.15) is 43.2 Å². The molecule has 5 heteroatoms. The zero-order valence-electron chi connectivity index (χ0n) is 12.0. The van der Waals surface area contributed by atoms with Gasteiger partial charge in [-0.3, -0.25) is 4.79 Å². The fourth-order valence-corrected chi connectivity index (χ4v) is 2.56. The van der Waals surface area contributed by atoms with Crippen molar-refractivity contribution in [2.45, 2.75) is 38.8 Å². The van der Waals surface area contributed by atoms with Crippen LogP contribution in [0.2, 0.25) is 0 Å². The minimum Gasteiger partial charge on any atom is -0.491 e. The molecule has 0 radical (unpaired) electrons. The first-order valence-corrected chi connectivity index (χ1v) is 7.06. The number of rotatable bonds is 4. The molecule has 5 nitrogen and oxygen atoms in total. The third-order valence-corrected chi connectivity index (χ3v) is 3.52. The highest BCUT2D eigenvalue weighted by Crippen LogP contribution is 2.38. The van der Waals surface area contributed by atoms with Crippen molar-refractivity contribution >= 4 is 16.9 Å². The van der Waals surface area contributed by atoms with E-state index in [9.17, 15) is 14.7 Å². The summed E-state index contributed by atoms with van der Waals surface area (Å²) in [6.07, 6.45) is 1.90. The Morgan fingerprint density at radius 3 is 2.62 bits per heavy atom. The van der Waals surface area contributed by atoms with Crippen molar-refractivity contribution in [3.8, 4) is 5.75 Å². The molecule has 21 heavy (non-hydrogen) atoms. The number of carboxylic acids is 1. The van der Waals surface area contributed by atoms with Gasteiger partial charge in [0.15, 0.2) is 5.43 Å². The van der Waals surface area contributed by atoms with Gasteiger partial charge in [-0.25, -0.2) is 4.79 Å². The van der Waals surface area contributed by atoms with E-state index in [0.717, 1.165) is 12.8 Å². The summed E-state index contributed by atoms with van der Waals surface area (Å²) in [5.41, 5.74) is 0.424. The van der Waals surface area contributed by atoms with E-state index in [1.807, 2.05) is 13.8 Å². The summed E-state index contributed by atoms with van der Waals surface area (Å²) in [4.78, 5) is 23.5. The second-order valence-electron chi connectivity index (χ2n) is 5.65. The summed E-state index contributed by atoms with van der Waals surface area (Å²) in [6.45, 7) is 3.84. The van der Waals surface area contributed by atoms with Gasteiger partial charge in [0.05, 0.1) is 11.6 Å². The quantitative estimate of drug-likeness (QED) is 0.938. The summed E-state index contributed by atoms with van der Waals surface area (Å²) < 4.78 is 7.41. The molecule has 1 N–H and O–H groups in total. The van der Waals surface area contributed by atoms with E-state index in [2.05, 4.69) is 0 Å². The number of pyridine rings is 1. The number of aromatic carboxylic acids is 1. The molecule has 0 amide bonds. The van der Waals surface area contributed by atoms with E-state index in [-0.39, 0.29) is 23.3 Å². The highest BCUT2D eigenvalue weighted by atomic mass is 16.5. The summed E-state index contributed by atoms with van der Waals surface area (Å²) in [7, 11) is 0. The topological polar surface area (TPSA) is 68.5 Å². The lowest BCUT2D eigenvalue weighted by atomic mass is 10.1. The average Bonchev–Trinajstić information content (AvgIpc) is 3.21. The van der Waals surface area contributed by atoms with E-state index >= 15 is 0 Å². The van der Waals surface area contributed by atoms with Gasteiger partial charge in [-0.1, -0.05) is 0 Å². The number of carboxylic acid groups (broad SMARTS) is 1. The van der Waals surface area contributed by atoms with Crippen LogP contribution < -0.4 is 10.2 Å². The monoisotopic (exact) mass is 287 g/mol. The molecule has 1 aliphatic carbocycles. The Kier molecular flexibility index (Phi) is 3.20. The Bertz CT molecular complexity index is 772. The van der Waals surface area contributed by atoms with Crippen molar-refractivity contribution in [3.05, 3.63) is 40.2 Å². The molecule has 0 unspecified atom stereocenters. The first-order chi connectivity index (χ1) is 9.97. The molecule has 1 aliphatic rings. The third kappa shape index (κ3) is 2.51. The minimum absolute atomic E-state index is 0.0196. The molecular formula is C16H17NO4. The molecule has 0 bridgehead atoms. The lowest BCUT2D eigenvalue weighted by molar-refractivity contribution is 0.0684. The number of benzene rings is 1. The lowest BCUT2D eigenvalue weighted by Gasteiger charge is -2.16. The van der Waals surface area contributed by atoms with Gasteiger partial charge in [0.1, 0.15) is 11.4 Å². The Morgan fingerprint density at radius 2 is 2.05 bits per heavy atom. The Morgan fingerprint density at radius 1 is 1.33 bits per heavy atom. The summed E-state index contributed by atoms with van der Waals surface area (Å²) in [6, 6.07) is 6.60. The van der Waals surface area contributed by atoms with Gasteiger partial charge >= 0.3 is 5.97 Å². The fraction of sp³-hybridized carbons (Fsp3) is 0.375. The van der Waals surface area contributed by atoms with Crippen molar-refractivity contribution in [2.24, 2.45) is 0 Å². The van der Waals surface area contributed by atoms with Gasteiger partial charge in [0.25, 0.3) is 0 Å². The van der Waals surface area contributed by atoms with Crippen LogP contribution in [0.3, 0.4) is 0 Å². The van der Waals surface area contributed by atoms with E-state index in [4.69, 9.17) is 4.74 Å². The van der Waals surface area contributed by atoms with Crippen LogP contribution in [0.25, 0.3) is 10.9 Å². The van der Waals surface area contributed by atoms with Crippen LogP contribution in [0.4, 0.5) is 0 Å². The van der Waals surface area contributed by atoms with Crippen LogP contribution in [0.15, 0.2) is 29.1 Å². The Labute approximate surface area is 121 Å². The normalized spacial score (nSPS) is 14.6. The molecule has 110 valence electrons. The minimum atomic E-state index is -1.07. The van der Waals surface area contributed by atoms with Crippen LogP contribution in [0.5, 0.6) is 5.75 Å². The van der Waals surface area contributed by atoms with Crippen molar-refractivity contribution in [1.29, 1.82) is 0 Å². The molecule has 1 fully saturated rings. The summed E-state index contributed by atoms with van der Waals surface area (Å²) in [5.74, 6) is -0.426. The largest absolute Gasteiger partial charge is 0.491 e. The molecule has 1 aromatic heterocycles. The number of fused-ring (bicyclic) bond motifs is 1. The maximum absolute atomic E-state index is 12.1. The van der Waals surface area contributed by atoms with E-state index < -0.39 is 5.97 Å². The summed E-state index contributed by atoms with van der Waals surface area (Å²) in [5, 5.41) is 9.88. The number of carbonyl (C=O) groups is 1. The van der Waals surface area contributed by atoms with Gasteiger partial charge in [-0.15, -0.1) is 0 Å². The molecule has 1 heterocycles. The zero-order chi connectivity index (χ0) is 15.1. The zero-order valence-corrected chi connectivity index (χ0v) is 12.0. The number of nitrogens with zero attached hydrogens (tertiary/aromatic N) is 1. The van der Waals surface area contributed by atoms with Gasteiger partial charge in [0, 0.05) is 23.6 Å². The van der Waals surface area contributed by atoms with Gasteiger partial charge in [-0.05, 0) is 38.8 Å². The highest BCUT2D eigenvalue weighted by molar-refractivity contribution is 5.91. The highest BCUT2D eigenvalue weighted by Gasteiger charge is 2.29. The van der Waals surface area contributed by atoms with Crippen LogP contribution in [-0.4, -0.2) is 21.7 Å². The molecule has 1 saturated carbocycles. The van der Waals surface area contributed by atoms with Crippen molar-refractivity contribution in [1.82, 2.24) is 4.57 Å². The average molecular weight is 287 g/mol. The van der Waals surface area contributed by atoms with Gasteiger partial charge < -0.3 is 14.4 Å². The molecule has 0 aliphatic heterocycles. The smallest absolute Gasteiger partial charge is 0.352 e. The predicted octanol–water partition coefficient (Wildman–Crippen LogP) is 2.82. The Hall–Kier alpha value is -2.30. The van der Waals surface area contributed by atoms with Crippen molar-refractivity contribution in [3.63, 3.8) is 0 Å². The molecule has 0 saturated heterocycles. The van der Waals surface area contributed by atoms with Crippen molar-refractivity contribution < 1.29 is 14.6 Å². The SMILES string of the molecule is CC(C)Oc1ccc2c(=O)cc(C(=O)O)n(C3CC3)c2c1. The van der Waals surface area contributed by atoms with E-state index in [0.29, 0.717) is 16.7 Å². The first-order valence-electron chi connectivity index (χ1n) is 7.06. The predicted molar refractivity (Wildman–Crippen MR) is 79.2 cm³/mol. The van der Waals surface area contributed by atoms with Gasteiger partial charge in [0.2, 0.25) is 0 Å². The van der Waals surface area contributed by atoms with Crippen LogP contribution >= 0.6 is 0 Å². The standard InChI is InChI=1S/C16H17NO4/c1-9(2)21-11-5-6-12-13(7-11)17(10-3-4-10)14(16(19)20)8-15(12)18/h5-10H,3-4H2,1-2H3,(H,19,20). The summed E-state index contributed by atoms with van der Waals surface area (Å²) >= 11 is 0. The maximum Gasteiger partial charge on any atom is 0.352 e. The molecule has 1 aromatic carbocycles.